The molecule has 3 N–H and O–H groups in total. The molecule has 2 aliphatic rings. The fourth-order valence-corrected chi connectivity index (χ4v) is 8.98. The highest BCUT2D eigenvalue weighted by Crippen LogP contribution is 2.35. The van der Waals surface area contributed by atoms with Gasteiger partial charge in [0.25, 0.3) is 5.91 Å². The van der Waals surface area contributed by atoms with Crippen LogP contribution in [0.15, 0.2) is 36.4 Å². The van der Waals surface area contributed by atoms with Crippen LogP contribution >= 0.6 is 22.7 Å². The molecular weight excluding hydrogens is 703 g/mol. The second-order valence-corrected chi connectivity index (χ2v) is 15.6. The van der Waals surface area contributed by atoms with Crippen molar-refractivity contribution >= 4 is 52.0 Å². The third-order valence-corrected chi connectivity index (χ3v) is 12.6. The van der Waals surface area contributed by atoms with E-state index in [2.05, 4.69) is 25.7 Å². The van der Waals surface area contributed by atoms with Crippen LogP contribution in [-0.2, 0) is 16.0 Å². The van der Waals surface area contributed by atoms with E-state index in [1.54, 1.807) is 0 Å². The van der Waals surface area contributed by atoms with E-state index < -0.39 is 29.9 Å². The van der Waals surface area contributed by atoms with Crippen LogP contribution in [0.3, 0.4) is 0 Å². The highest BCUT2D eigenvalue weighted by Gasteiger charge is 2.35. The molecule has 1 amide bonds. The van der Waals surface area contributed by atoms with E-state index in [1.165, 1.54) is 22.7 Å². The van der Waals surface area contributed by atoms with E-state index in [0.717, 1.165) is 53.5 Å². The Kier molecular flexibility index (Phi) is 11.5. The van der Waals surface area contributed by atoms with Crippen LogP contribution in [0.1, 0.15) is 111 Å². The molecular formula is C37H43N7O6S2. The van der Waals surface area contributed by atoms with Crippen LogP contribution in [0.25, 0.3) is 11.1 Å². The van der Waals surface area contributed by atoms with Gasteiger partial charge in [-0.05, 0) is 100 Å². The molecule has 2 aromatic carbocycles. The lowest BCUT2D eigenvalue weighted by atomic mass is 9.91. The number of benzene rings is 2. The second kappa shape index (κ2) is 16.1. The van der Waals surface area contributed by atoms with Gasteiger partial charge < -0.3 is 15.5 Å². The SMILES string of the molecule is Cc1c(CC(=O)c2nnc([C@H](C)N3CCCC[C@H]3C(=O)O)s2)cccc1-c1cccc(NC(=O)c2nnc([C@H](C)N3CCCC[C@H]3C(=O)O)s2)c1C. The minimum Gasteiger partial charge on any atom is -0.480 e. The zero-order chi connectivity index (χ0) is 37.1. The first kappa shape index (κ1) is 37.3. The topological polar surface area (TPSA) is 179 Å². The Labute approximate surface area is 310 Å². The summed E-state index contributed by atoms with van der Waals surface area (Å²) in [5.41, 5.74) is 5.07. The van der Waals surface area contributed by atoms with Crippen molar-refractivity contribution in [3.63, 3.8) is 0 Å². The Balaban J connectivity index is 1.15. The molecule has 13 nitrogen and oxygen atoms in total. The van der Waals surface area contributed by atoms with Gasteiger partial charge in [0, 0.05) is 12.1 Å². The van der Waals surface area contributed by atoms with Gasteiger partial charge in [-0.25, -0.2) is 0 Å². The number of carbonyl (C=O) groups is 4. The number of aromatic nitrogens is 4. The molecule has 4 heterocycles. The molecule has 4 atom stereocenters. The monoisotopic (exact) mass is 745 g/mol. The number of likely N-dealkylation sites (tertiary alicyclic amines) is 2. The maximum absolute atomic E-state index is 13.5. The first-order valence-corrected chi connectivity index (χ1v) is 19.2. The van der Waals surface area contributed by atoms with Crippen molar-refractivity contribution < 1.29 is 29.4 Å². The summed E-state index contributed by atoms with van der Waals surface area (Å²) < 4.78 is 0. The smallest absolute Gasteiger partial charge is 0.320 e. The number of carboxylic acid groups (broad SMARTS) is 2. The van der Waals surface area contributed by atoms with Gasteiger partial charge in [0.2, 0.25) is 5.01 Å². The number of aliphatic carboxylic acids is 2. The van der Waals surface area contributed by atoms with Crippen LogP contribution in [0.5, 0.6) is 0 Å². The van der Waals surface area contributed by atoms with Gasteiger partial charge in [-0.1, -0.05) is 65.8 Å². The molecule has 0 aliphatic carbocycles. The minimum absolute atomic E-state index is 0.127. The van der Waals surface area contributed by atoms with Gasteiger partial charge in [-0.3, -0.25) is 29.0 Å². The quantitative estimate of drug-likeness (QED) is 0.137. The summed E-state index contributed by atoms with van der Waals surface area (Å²) in [6, 6.07) is 9.79. The molecule has 0 unspecified atom stereocenters. The predicted molar refractivity (Wildman–Crippen MR) is 198 cm³/mol. The summed E-state index contributed by atoms with van der Waals surface area (Å²) in [4.78, 5) is 54.4. The molecule has 2 saturated heterocycles. The molecule has 4 aromatic rings. The Morgan fingerprint density at radius 2 is 1.27 bits per heavy atom. The van der Waals surface area contributed by atoms with E-state index in [0.29, 0.717) is 46.6 Å². The molecule has 0 bridgehead atoms. The first-order valence-electron chi connectivity index (χ1n) is 17.6. The number of rotatable bonds is 12. The number of hydrogen-bond acceptors (Lipinski definition) is 12. The highest BCUT2D eigenvalue weighted by atomic mass is 32.1. The lowest BCUT2D eigenvalue weighted by Gasteiger charge is -2.36. The maximum atomic E-state index is 13.5. The molecule has 0 radical (unpaired) electrons. The molecule has 2 fully saturated rings. The second-order valence-electron chi connectivity index (χ2n) is 13.5. The summed E-state index contributed by atoms with van der Waals surface area (Å²) in [5.74, 6) is -2.25. The lowest BCUT2D eigenvalue weighted by molar-refractivity contribution is -0.146. The molecule has 2 aliphatic heterocycles. The standard InChI is InChI=1S/C37H43N7O6S2/c1-20-24(19-30(45)34-41-39-32(51-34)22(3)43-17-7-5-15-28(43)36(47)48)11-9-12-25(20)26-13-10-14-27(21(26)2)38-31(46)35-42-40-33(52-35)23(4)44-18-8-6-16-29(44)37(49)50/h9-14,22-23,28-29H,5-8,15-19H2,1-4H3,(H,38,46)(H,47,48)(H,49,50)/t22-,23-,28-,29-/m0/s1. The van der Waals surface area contributed by atoms with Crippen molar-refractivity contribution in [1.29, 1.82) is 0 Å². The molecule has 274 valence electrons. The van der Waals surface area contributed by atoms with Gasteiger partial charge in [-0.15, -0.1) is 20.4 Å². The van der Waals surface area contributed by atoms with Crippen molar-refractivity contribution in [3.8, 4) is 11.1 Å². The van der Waals surface area contributed by atoms with E-state index in [9.17, 15) is 29.4 Å². The molecule has 52 heavy (non-hydrogen) atoms. The van der Waals surface area contributed by atoms with Gasteiger partial charge in [0.05, 0.1) is 12.1 Å². The summed E-state index contributed by atoms with van der Waals surface area (Å²) in [5, 5.41) is 41.0. The first-order chi connectivity index (χ1) is 24.9. The zero-order valence-corrected chi connectivity index (χ0v) is 31.3. The molecule has 6 rings (SSSR count). The number of carbonyl (C=O) groups excluding carboxylic acids is 2. The predicted octanol–water partition coefficient (Wildman–Crippen LogP) is 6.35. The van der Waals surface area contributed by atoms with Crippen molar-refractivity contribution in [2.45, 2.75) is 96.8 Å². The van der Waals surface area contributed by atoms with Crippen LogP contribution in [0.4, 0.5) is 5.69 Å². The number of nitrogens with zero attached hydrogens (tertiary/aromatic N) is 6. The van der Waals surface area contributed by atoms with Gasteiger partial charge in [-0.2, -0.15) is 0 Å². The summed E-state index contributed by atoms with van der Waals surface area (Å²) in [6.45, 7) is 9.04. The Morgan fingerprint density at radius 1 is 0.750 bits per heavy atom. The number of anilines is 1. The van der Waals surface area contributed by atoms with Gasteiger partial charge in [0.15, 0.2) is 10.8 Å². The van der Waals surface area contributed by atoms with Crippen LogP contribution in [-0.4, -0.2) is 89.2 Å². The molecule has 0 spiro atoms. The third kappa shape index (κ3) is 7.82. The largest absolute Gasteiger partial charge is 0.480 e. The van der Waals surface area contributed by atoms with Crippen molar-refractivity contribution in [1.82, 2.24) is 30.2 Å². The van der Waals surface area contributed by atoms with E-state index in [4.69, 9.17) is 0 Å². The average Bonchev–Trinajstić information content (AvgIpc) is 3.85. The number of amides is 1. The Hall–Kier alpha value is -4.44. The fraction of sp³-hybridized carbons (Fsp3) is 0.459. The van der Waals surface area contributed by atoms with E-state index in [-0.39, 0.29) is 29.3 Å². The van der Waals surface area contributed by atoms with E-state index in [1.807, 2.05) is 73.9 Å². The number of Topliss-reactive ketones (excluding diaryl/α,β-unsaturated/α-hetero) is 1. The fourth-order valence-electron chi connectivity index (χ4n) is 7.31. The third-order valence-electron chi connectivity index (χ3n) is 10.4. The summed E-state index contributed by atoms with van der Waals surface area (Å²) in [7, 11) is 0. The van der Waals surface area contributed by atoms with Crippen LogP contribution in [0, 0.1) is 13.8 Å². The van der Waals surface area contributed by atoms with Crippen LogP contribution in [0.2, 0.25) is 0 Å². The average molecular weight is 746 g/mol. The Morgan fingerprint density at radius 3 is 1.85 bits per heavy atom. The lowest BCUT2D eigenvalue weighted by Crippen LogP contribution is -2.45. The van der Waals surface area contributed by atoms with Crippen LogP contribution < -0.4 is 5.32 Å². The highest BCUT2D eigenvalue weighted by molar-refractivity contribution is 7.13. The number of nitrogens with one attached hydrogen (secondary N) is 1. The van der Waals surface area contributed by atoms with Crippen molar-refractivity contribution in [3.05, 3.63) is 73.1 Å². The maximum Gasteiger partial charge on any atom is 0.320 e. The van der Waals surface area contributed by atoms with Gasteiger partial charge in [0.1, 0.15) is 22.1 Å². The van der Waals surface area contributed by atoms with Gasteiger partial charge >= 0.3 is 11.9 Å². The molecule has 2 aromatic heterocycles. The zero-order valence-electron chi connectivity index (χ0n) is 29.7. The van der Waals surface area contributed by atoms with Crippen molar-refractivity contribution in [2.75, 3.05) is 18.4 Å². The van der Waals surface area contributed by atoms with E-state index >= 15 is 0 Å². The number of ketones is 1. The van der Waals surface area contributed by atoms with Crippen molar-refractivity contribution in [2.24, 2.45) is 0 Å². The normalized spacial score (nSPS) is 19.5. The summed E-state index contributed by atoms with van der Waals surface area (Å²) >= 11 is 2.39. The molecule has 15 heteroatoms. The Bertz CT molecular complexity index is 1840. The number of hydrogen-bond donors (Lipinski definition) is 3. The summed E-state index contributed by atoms with van der Waals surface area (Å²) in [6.07, 6.45) is 4.88. The molecule has 0 saturated carbocycles. The number of carboxylic acids is 2. The number of piperidine rings is 2. The minimum atomic E-state index is -0.848.